The van der Waals surface area contributed by atoms with Crippen molar-refractivity contribution in [2.45, 2.75) is 32.2 Å². The number of nitrogens with two attached hydrogens (primary N) is 1. The molecule has 0 spiro atoms. The van der Waals surface area contributed by atoms with Gasteiger partial charge in [0.1, 0.15) is 0 Å². The Hall–Kier alpha value is -0.610. The molecule has 5 heteroatoms. The lowest BCUT2D eigenvalue weighted by Crippen LogP contribution is -2.36. The highest BCUT2D eigenvalue weighted by atomic mass is 35.5. The van der Waals surface area contributed by atoms with Gasteiger partial charge in [0.15, 0.2) is 5.82 Å². The van der Waals surface area contributed by atoms with Crippen LogP contribution < -0.4 is 5.73 Å². The highest BCUT2D eigenvalue weighted by Crippen LogP contribution is 2.42. The molecule has 2 N–H and O–H groups in total. The molecule has 0 bridgehead atoms. The lowest BCUT2D eigenvalue weighted by atomic mass is 9.97. The molecule has 74 valence electrons. The van der Waals surface area contributed by atoms with Crippen LogP contribution in [0, 0.1) is 12.8 Å². The minimum atomic E-state index is -0.391. The van der Waals surface area contributed by atoms with Gasteiger partial charge in [-0.1, -0.05) is 5.16 Å². The van der Waals surface area contributed by atoms with Gasteiger partial charge in [-0.25, -0.2) is 0 Å². The van der Waals surface area contributed by atoms with Crippen molar-refractivity contribution >= 4 is 12.4 Å². The lowest BCUT2D eigenvalue weighted by Gasteiger charge is -2.18. The molecule has 1 aliphatic rings. The summed E-state index contributed by atoms with van der Waals surface area (Å²) in [6.07, 6.45) is 2.36. The van der Waals surface area contributed by atoms with E-state index in [9.17, 15) is 0 Å². The summed E-state index contributed by atoms with van der Waals surface area (Å²) in [4.78, 5) is 4.14. The maximum Gasteiger partial charge on any atom is 0.223 e. The summed E-state index contributed by atoms with van der Waals surface area (Å²) in [5.74, 6) is 1.76. The number of aryl methyl sites for hydroxylation is 1. The van der Waals surface area contributed by atoms with Gasteiger partial charge in [0.05, 0.1) is 5.54 Å². The fourth-order valence-electron chi connectivity index (χ4n) is 1.38. The van der Waals surface area contributed by atoms with E-state index in [4.69, 9.17) is 10.3 Å². The van der Waals surface area contributed by atoms with Gasteiger partial charge in [-0.2, -0.15) is 4.98 Å². The van der Waals surface area contributed by atoms with Crippen molar-refractivity contribution in [2.24, 2.45) is 11.7 Å². The van der Waals surface area contributed by atoms with Crippen LogP contribution in [0.2, 0.25) is 0 Å². The Labute approximate surface area is 83.3 Å². The van der Waals surface area contributed by atoms with E-state index in [1.807, 2.05) is 6.92 Å². The summed E-state index contributed by atoms with van der Waals surface area (Å²) in [7, 11) is 0. The largest absolute Gasteiger partial charge is 0.340 e. The number of hydrogen-bond donors (Lipinski definition) is 1. The van der Waals surface area contributed by atoms with Crippen LogP contribution in [0.15, 0.2) is 4.52 Å². The van der Waals surface area contributed by atoms with Crippen molar-refractivity contribution < 1.29 is 4.52 Å². The molecule has 1 saturated carbocycles. The molecule has 1 aromatic heterocycles. The zero-order chi connectivity index (χ0) is 8.77. The monoisotopic (exact) mass is 203 g/mol. The molecule has 1 aromatic rings. The molecule has 0 saturated heterocycles. The summed E-state index contributed by atoms with van der Waals surface area (Å²) in [6, 6.07) is 0. The lowest BCUT2D eigenvalue weighted by molar-refractivity contribution is 0.346. The van der Waals surface area contributed by atoms with Crippen molar-refractivity contribution in [3.8, 4) is 0 Å². The van der Waals surface area contributed by atoms with E-state index in [2.05, 4.69) is 10.1 Å². The first-order valence-electron chi connectivity index (χ1n) is 4.20. The first-order valence-corrected chi connectivity index (χ1v) is 4.20. The van der Waals surface area contributed by atoms with Gasteiger partial charge in [-0.15, -0.1) is 12.4 Å². The minimum Gasteiger partial charge on any atom is -0.340 e. The van der Waals surface area contributed by atoms with Gasteiger partial charge in [0, 0.05) is 6.92 Å². The molecule has 1 aliphatic carbocycles. The third-order valence-electron chi connectivity index (χ3n) is 2.43. The average Bonchev–Trinajstić information content (AvgIpc) is 2.75. The van der Waals surface area contributed by atoms with Gasteiger partial charge >= 0.3 is 0 Å². The van der Waals surface area contributed by atoms with Gasteiger partial charge in [-0.3, -0.25) is 0 Å². The Kier molecular flexibility index (Phi) is 2.63. The quantitative estimate of drug-likeness (QED) is 0.789. The standard InChI is InChI=1S/C8H13N3O.ClH/c1-5-10-7(11-12-5)8(2,9)6-3-4-6;/h6H,3-4,9H2,1-2H3;1H. The summed E-state index contributed by atoms with van der Waals surface area (Å²) in [6.45, 7) is 3.74. The molecule has 0 radical (unpaired) electrons. The van der Waals surface area contributed by atoms with Crippen molar-refractivity contribution in [1.82, 2.24) is 10.1 Å². The zero-order valence-corrected chi connectivity index (χ0v) is 8.60. The van der Waals surface area contributed by atoms with Crippen LogP contribution in [-0.2, 0) is 5.54 Å². The van der Waals surface area contributed by atoms with Crippen LogP contribution in [0.1, 0.15) is 31.5 Å². The Morgan fingerprint density at radius 3 is 2.54 bits per heavy atom. The molecular weight excluding hydrogens is 190 g/mol. The van der Waals surface area contributed by atoms with Crippen molar-refractivity contribution in [3.05, 3.63) is 11.7 Å². The second kappa shape index (κ2) is 3.27. The third kappa shape index (κ3) is 1.84. The normalized spacial score (nSPS) is 20.5. The van der Waals surface area contributed by atoms with Gasteiger partial charge in [0.25, 0.3) is 0 Å². The second-order valence-electron chi connectivity index (χ2n) is 3.69. The van der Waals surface area contributed by atoms with E-state index in [-0.39, 0.29) is 12.4 Å². The van der Waals surface area contributed by atoms with Gasteiger partial charge < -0.3 is 10.3 Å². The number of hydrogen-bond acceptors (Lipinski definition) is 4. The number of aromatic nitrogens is 2. The van der Waals surface area contributed by atoms with E-state index in [0.29, 0.717) is 17.6 Å². The fourth-order valence-corrected chi connectivity index (χ4v) is 1.38. The topological polar surface area (TPSA) is 64.9 Å². The number of rotatable bonds is 2. The summed E-state index contributed by atoms with van der Waals surface area (Å²) in [5.41, 5.74) is 5.68. The summed E-state index contributed by atoms with van der Waals surface area (Å²) in [5, 5.41) is 3.84. The Morgan fingerprint density at radius 2 is 2.15 bits per heavy atom. The summed E-state index contributed by atoms with van der Waals surface area (Å²) >= 11 is 0. The predicted molar refractivity (Wildman–Crippen MR) is 50.5 cm³/mol. The van der Waals surface area contributed by atoms with E-state index in [1.165, 1.54) is 12.8 Å². The maximum absolute atomic E-state index is 6.07. The van der Waals surface area contributed by atoms with Gasteiger partial charge in [-0.05, 0) is 25.7 Å². The average molecular weight is 204 g/mol. The van der Waals surface area contributed by atoms with E-state index >= 15 is 0 Å². The second-order valence-corrected chi connectivity index (χ2v) is 3.69. The van der Waals surface area contributed by atoms with Crippen LogP contribution in [0.25, 0.3) is 0 Å². The van der Waals surface area contributed by atoms with Crippen molar-refractivity contribution in [2.75, 3.05) is 0 Å². The molecule has 1 heterocycles. The molecule has 4 nitrogen and oxygen atoms in total. The van der Waals surface area contributed by atoms with Crippen LogP contribution >= 0.6 is 12.4 Å². The van der Waals surface area contributed by atoms with Crippen LogP contribution in [0.3, 0.4) is 0 Å². The highest BCUT2D eigenvalue weighted by molar-refractivity contribution is 5.85. The fraction of sp³-hybridized carbons (Fsp3) is 0.750. The predicted octanol–water partition coefficient (Wildman–Crippen LogP) is 1.38. The van der Waals surface area contributed by atoms with Crippen molar-refractivity contribution in [1.29, 1.82) is 0 Å². The van der Waals surface area contributed by atoms with Crippen LogP contribution in [0.5, 0.6) is 0 Å². The number of nitrogens with zero attached hydrogens (tertiary/aromatic N) is 2. The first-order chi connectivity index (χ1) is 5.60. The minimum absolute atomic E-state index is 0. The molecule has 13 heavy (non-hydrogen) atoms. The molecule has 0 amide bonds. The Bertz CT molecular complexity index is 293. The Balaban J connectivity index is 0.000000845. The number of halogens is 1. The molecule has 1 atom stereocenters. The van der Waals surface area contributed by atoms with Crippen molar-refractivity contribution in [3.63, 3.8) is 0 Å². The SMILES string of the molecule is Cc1nc(C(C)(N)C2CC2)no1.Cl. The molecule has 0 aliphatic heterocycles. The zero-order valence-electron chi connectivity index (χ0n) is 7.78. The molecular formula is C8H14ClN3O. The molecule has 1 unspecified atom stereocenters. The maximum atomic E-state index is 6.07. The molecule has 2 rings (SSSR count). The van der Waals surface area contributed by atoms with Gasteiger partial charge in [0.2, 0.25) is 5.89 Å². The Morgan fingerprint density at radius 1 is 1.54 bits per heavy atom. The van der Waals surface area contributed by atoms with E-state index in [1.54, 1.807) is 6.92 Å². The summed E-state index contributed by atoms with van der Waals surface area (Å²) < 4.78 is 4.89. The third-order valence-corrected chi connectivity index (χ3v) is 2.43. The van der Waals surface area contributed by atoms with Crippen LogP contribution in [-0.4, -0.2) is 10.1 Å². The van der Waals surface area contributed by atoms with Crippen LogP contribution in [0.4, 0.5) is 0 Å². The van der Waals surface area contributed by atoms with E-state index < -0.39 is 5.54 Å². The molecule has 1 fully saturated rings. The smallest absolute Gasteiger partial charge is 0.223 e. The molecule has 0 aromatic carbocycles. The highest BCUT2D eigenvalue weighted by Gasteiger charge is 2.42. The van der Waals surface area contributed by atoms with E-state index in [0.717, 1.165) is 0 Å². The first kappa shape index (κ1) is 10.5.